The second-order valence-corrected chi connectivity index (χ2v) is 15.5. The van der Waals surface area contributed by atoms with Crippen LogP contribution in [0.2, 0.25) is 0 Å². The lowest BCUT2D eigenvalue weighted by Crippen LogP contribution is -2.54. The van der Waals surface area contributed by atoms with Gasteiger partial charge in [0.1, 0.15) is 6.04 Å². The lowest BCUT2D eigenvalue weighted by atomic mass is 9.89. The number of carbonyl (C=O) groups excluding carboxylic acids is 5. The summed E-state index contributed by atoms with van der Waals surface area (Å²) in [6.07, 6.45) is 7.41. The van der Waals surface area contributed by atoms with Gasteiger partial charge >= 0.3 is 0 Å². The Kier molecular flexibility index (Phi) is 10.2. The predicted molar refractivity (Wildman–Crippen MR) is 204 cm³/mol. The minimum atomic E-state index is -0.973. The van der Waals surface area contributed by atoms with Crippen LogP contribution in [0, 0.1) is 5.92 Å². The van der Waals surface area contributed by atoms with Gasteiger partial charge in [0.05, 0.1) is 11.1 Å². The van der Waals surface area contributed by atoms with Crippen LogP contribution in [0.5, 0.6) is 0 Å². The maximum absolute atomic E-state index is 13.3. The number of imide groups is 2. The van der Waals surface area contributed by atoms with Crippen molar-refractivity contribution in [2.75, 3.05) is 48.3 Å². The van der Waals surface area contributed by atoms with Crippen LogP contribution in [-0.4, -0.2) is 105 Å². The summed E-state index contributed by atoms with van der Waals surface area (Å²) in [5.41, 5.74) is 15.4. The molecule has 5 heterocycles. The number of hydrogen-bond acceptors (Lipinski definition) is 13. The van der Waals surface area contributed by atoms with Gasteiger partial charge in [-0.3, -0.25) is 34.2 Å². The third-order valence-electron chi connectivity index (χ3n) is 11.9. The molecule has 3 aromatic rings. The number of fused-ring (bicyclic) bond motifs is 1. The van der Waals surface area contributed by atoms with Gasteiger partial charge < -0.3 is 31.9 Å². The van der Waals surface area contributed by atoms with Crippen molar-refractivity contribution in [3.8, 4) is 0 Å². The topological polar surface area (TPSA) is 222 Å². The van der Waals surface area contributed by atoms with Crippen LogP contribution in [0.1, 0.15) is 100 Å². The lowest BCUT2D eigenvalue weighted by molar-refractivity contribution is -0.136. The summed E-state index contributed by atoms with van der Waals surface area (Å²) in [5, 5.41) is 16.9. The summed E-state index contributed by atoms with van der Waals surface area (Å²) in [5.74, 6) is -1.22. The molecule has 4 fully saturated rings. The number of benzene rings is 2. The van der Waals surface area contributed by atoms with E-state index in [1.54, 1.807) is 12.1 Å². The van der Waals surface area contributed by atoms with Crippen LogP contribution in [0.3, 0.4) is 0 Å². The molecular weight excluding hydrogens is 703 g/mol. The summed E-state index contributed by atoms with van der Waals surface area (Å²) < 4.78 is 0. The smallest absolute Gasteiger partial charge is 0.273 e. The maximum atomic E-state index is 13.3. The molecule has 4 atom stereocenters. The summed E-state index contributed by atoms with van der Waals surface area (Å²) >= 11 is 0. The van der Waals surface area contributed by atoms with Crippen LogP contribution < -0.4 is 32.3 Å². The second kappa shape index (κ2) is 15.3. The van der Waals surface area contributed by atoms with Gasteiger partial charge in [0.25, 0.3) is 17.7 Å². The van der Waals surface area contributed by atoms with Crippen molar-refractivity contribution in [2.24, 2.45) is 17.4 Å². The molecule has 16 heteroatoms. The number of amides is 5. The second-order valence-electron chi connectivity index (χ2n) is 15.5. The third-order valence-corrected chi connectivity index (χ3v) is 11.9. The minimum absolute atomic E-state index is 0.00578. The largest absolute Gasteiger partial charge is 0.371 e. The first-order valence-electron chi connectivity index (χ1n) is 19.4. The molecule has 7 N–H and O–H groups in total. The van der Waals surface area contributed by atoms with Crippen LogP contribution >= 0.6 is 0 Å². The monoisotopic (exact) mass is 749 g/mol. The van der Waals surface area contributed by atoms with E-state index in [-0.39, 0.29) is 36.4 Å². The first kappa shape index (κ1) is 36.5. The average molecular weight is 750 g/mol. The summed E-state index contributed by atoms with van der Waals surface area (Å²) in [6.45, 7) is 4.72. The van der Waals surface area contributed by atoms with E-state index in [2.05, 4.69) is 53.1 Å². The van der Waals surface area contributed by atoms with E-state index in [1.807, 2.05) is 18.2 Å². The summed E-state index contributed by atoms with van der Waals surface area (Å²) in [4.78, 5) is 73.0. The Labute approximate surface area is 318 Å². The summed E-state index contributed by atoms with van der Waals surface area (Å²) in [7, 11) is 0. The molecule has 0 bridgehead atoms. The Morgan fingerprint density at radius 2 is 1.64 bits per heavy atom. The number of nitrogens with two attached hydrogens (primary N) is 2. The van der Waals surface area contributed by atoms with Crippen LogP contribution in [0.25, 0.3) is 0 Å². The van der Waals surface area contributed by atoms with Gasteiger partial charge in [-0.05, 0) is 99.3 Å². The number of rotatable bonds is 10. The molecule has 8 rings (SSSR count). The number of nitrogens with zero attached hydrogens (tertiary/aromatic N) is 6. The molecule has 16 nitrogen and oxygen atoms in total. The van der Waals surface area contributed by atoms with Crippen molar-refractivity contribution < 1.29 is 24.0 Å². The highest BCUT2D eigenvalue weighted by Gasteiger charge is 2.45. The molecule has 1 aromatic heterocycles. The van der Waals surface area contributed by atoms with E-state index in [4.69, 9.17) is 11.5 Å². The van der Waals surface area contributed by atoms with Crippen molar-refractivity contribution in [3.05, 3.63) is 64.8 Å². The van der Waals surface area contributed by atoms with Crippen molar-refractivity contribution in [2.45, 2.75) is 81.8 Å². The van der Waals surface area contributed by atoms with E-state index in [1.165, 1.54) is 5.56 Å². The highest BCUT2D eigenvalue weighted by Crippen LogP contribution is 2.34. The van der Waals surface area contributed by atoms with Gasteiger partial charge in [-0.2, -0.15) is 4.98 Å². The molecule has 5 aliphatic rings. The van der Waals surface area contributed by atoms with Crippen LogP contribution in [-0.2, 0) is 9.59 Å². The van der Waals surface area contributed by atoms with Gasteiger partial charge in [-0.25, -0.2) is 0 Å². The number of aromatic nitrogens is 3. The number of carbonyl (C=O) groups is 5. The molecule has 2 unspecified atom stereocenters. The molecule has 55 heavy (non-hydrogen) atoms. The Bertz CT molecular complexity index is 2000. The fourth-order valence-corrected chi connectivity index (χ4v) is 8.81. The van der Waals surface area contributed by atoms with Crippen molar-refractivity contribution in [1.82, 2.24) is 30.3 Å². The highest BCUT2D eigenvalue weighted by atomic mass is 16.2. The third kappa shape index (κ3) is 7.60. The van der Waals surface area contributed by atoms with Crippen molar-refractivity contribution >= 4 is 52.7 Å². The van der Waals surface area contributed by atoms with Crippen LogP contribution in [0.4, 0.5) is 23.1 Å². The zero-order valence-electron chi connectivity index (χ0n) is 30.7. The minimum Gasteiger partial charge on any atom is -0.371 e. The average Bonchev–Trinajstić information content (AvgIpc) is 3.74. The van der Waals surface area contributed by atoms with E-state index in [9.17, 15) is 24.0 Å². The van der Waals surface area contributed by atoms with Crippen LogP contribution in [0.15, 0.2) is 42.5 Å². The molecular formula is C39H47N11O5. The SMILES string of the molecule is NC(=O)c1nnc(N[C@H]2CCCC[C@H]2N)nc1Nc1ccc(C2CCN(CC3CCN(c4ccc5c(c4)C(=O)N(C4CCC(=O)NC4=O)C5=O)C3)CC2)cc1. The lowest BCUT2D eigenvalue weighted by Gasteiger charge is -2.34. The number of piperidine rings is 2. The Balaban J connectivity index is 0.829. The number of anilines is 4. The van der Waals surface area contributed by atoms with Gasteiger partial charge in [0, 0.05) is 49.5 Å². The van der Waals surface area contributed by atoms with E-state index >= 15 is 0 Å². The van der Waals surface area contributed by atoms with E-state index < -0.39 is 35.6 Å². The van der Waals surface area contributed by atoms with Crippen molar-refractivity contribution in [3.63, 3.8) is 0 Å². The quantitative estimate of drug-likeness (QED) is 0.188. The molecule has 1 aliphatic carbocycles. The van der Waals surface area contributed by atoms with E-state index in [0.717, 1.165) is 93.9 Å². The maximum Gasteiger partial charge on any atom is 0.273 e. The van der Waals surface area contributed by atoms with Gasteiger partial charge in [-0.1, -0.05) is 25.0 Å². The molecule has 2 aromatic carbocycles. The first-order chi connectivity index (χ1) is 26.6. The van der Waals surface area contributed by atoms with Crippen molar-refractivity contribution in [1.29, 1.82) is 0 Å². The first-order valence-corrected chi connectivity index (χ1v) is 19.4. The van der Waals surface area contributed by atoms with Gasteiger partial charge in [0.2, 0.25) is 17.8 Å². The molecule has 0 radical (unpaired) electrons. The van der Waals surface area contributed by atoms with Gasteiger partial charge in [0.15, 0.2) is 11.5 Å². The normalized spacial score (nSPS) is 24.9. The number of hydrogen-bond donors (Lipinski definition) is 5. The number of primary amides is 1. The highest BCUT2D eigenvalue weighted by molar-refractivity contribution is 6.23. The Hall–Kier alpha value is -5.48. The summed E-state index contributed by atoms with van der Waals surface area (Å²) in [6, 6.07) is 12.6. The number of likely N-dealkylation sites (tertiary alicyclic amines) is 1. The molecule has 3 saturated heterocycles. The standard InChI is InChI=1S/C39H47N11O5/c40-29-3-1-2-4-30(29)43-39-45-35(33(34(41)52)46-47-39)42-25-7-5-23(6-8-25)24-14-16-48(17-15-24)20-22-13-18-49(21-22)26-9-10-27-28(19-26)38(55)50(37(27)54)31-11-12-32(51)44-36(31)53/h5-10,19,22,24,29-31H,1-4,11-18,20-21,40H2,(H2,41,52)(H,44,51,53)(H2,42,43,45,47)/t22?,29-,30+,31?/m1/s1. The molecule has 5 amide bonds. The fourth-order valence-electron chi connectivity index (χ4n) is 8.81. The molecule has 288 valence electrons. The molecule has 4 aliphatic heterocycles. The Morgan fingerprint density at radius 3 is 2.38 bits per heavy atom. The number of nitrogens with one attached hydrogen (secondary N) is 3. The Morgan fingerprint density at radius 1 is 0.873 bits per heavy atom. The molecule has 1 saturated carbocycles. The predicted octanol–water partition coefficient (Wildman–Crippen LogP) is 2.50. The zero-order valence-corrected chi connectivity index (χ0v) is 30.7. The fraction of sp³-hybridized carbons (Fsp3) is 0.487. The zero-order chi connectivity index (χ0) is 38.2. The molecule has 0 spiro atoms. The van der Waals surface area contributed by atoms with E-state index in [0.29, 0.717) is 28.9 Å². The van der Waals surface area contributed by atoms with Gasteiger partial charge in [-0.15, -0.1) is 10.2 Å².